The molecule has 0 unspecified atom stereocenters. The highest BCUT2D eigenvalue weighted by Crippen LogP contribution is 2.38. The first-order valence-electron chi connectivity index (χ1n) is 15.1. The summed E-state index contributed by atoms with van der Waals surface area (Å²) >= 11 is 6.80. The molecule has 6 rings (SSSR count). The van der Waals surface area contributed by atoms with Crippen molar-refractivity contribution >= 4 is 29.1 Å². The van der Waals surface area contributed by atoms with Gasteiger partial charge in [0.05, 0.1) is 32.9 Å². The molecular weight excluding hydrogens is 576 g/mol. The molecule has 0 saturated carbocycles. The van der Waals surface area contributed by atoms with Gasteiger partial charge in [0, 0.05) is 35.1 Å². The topological polar surface area (TPSA) is 76.0 Å². The fourth-order valence-corrected chi connectivity index (χ4v) is 6.46. The predicted molar refractivity (Wildman–Crippen MR) is 173 cm³/mol. The lowest BCUT2D eigenvalue weighted by atomic mass is 10.0. The van der Waals surface area contributed by atoms with Crippen LogP contribution >= 0.6 is 11.6 Å². The second-order valence-corrected chi connectivity index (χ2v) is 11.6. The number of methoxy groups -OCH3 is 2. The van der Waals surface area contributed by atoms with Gasteiger partial charge in [-0.2, -0.15) is 0 Å². The smallest absolute Gasteiger partial charge is 0.267 e. The van der Waals surface area contributed by atoms with Gasteiger partial charge in [0.2, 0.25) is 0 Å². The van der Waals surface area contributed by atoms with Crippen LogP contribution in [-0.4, -0.2) is 61.7 Å². The second kappa shape index (κ2) is 13.2. The Bertz CT molecular complexity index is 1680. The largest absolute Gasteiger partial charge is 0.497 e. The van der Waals surface area contributed by atoms with Gasteiger partial charge in [0.15, 0.2) is 0 Å². The fraction of sp³-hybridized carbons (Fsp3) is 0.314. The first-order valence-corrected chi connectivity index (χ1v) is 15.5. The van der Waals surface area contributed by atoms with Gasteiger partial charge < -0.3 is 29.2 Å². The van der Waals surface area contributed by atoms with Crippen molar-refractivity contribution in [1.29, 1.82) is 0 Å². The average Bonchev–Trinajstić information content (AvgIpc) is 3.37. The highest BCUT2D eigenvalue weighted by Gasteiger charge is 2.29. The van der Waals surface area contributed by atoms with Crippen LogP contribution in [0.2, 0.25) is 5.02 Å². The highest BCUT2D eigenvalue weighted by atomic mass is 35.5. The van der Waals surface area contributed by atoms with Gasteiger partial charge in [-0.1, -0.05) is 48.4 Å². The lowest BCUT2D eigenvalue weighted by molar-refractivity contribution is 0.0936. The van der Waals surface area contributed by atoms with Crippen LogP contribution in [0.4, 0.5) is 5.69 Å². The molecule has 0 bridgehead atoms. The first kappa shape index (κ1) is 29.8. The Labute approximate surface area is 263 Å². The molecule has 1 fully saturated rings. The molecule has 0 aliphatic carbocycles. The summed E-state index contributed by atoms with van der Waals surface area (Å²) in [6.07, 6.45) is 3.73. The number of hydrogen-bond acceptors (Lipinski definition) is 5. The number of halogens is 1. The third-order valence-electron chi connectivity index (χ3n) is 8.54. The maximum absolute atomic E-state index is 14.3. The number of rotatable bonds is 8. The number of anilines is 1. The van der Waals surface area contributed by atoms with Gasteiger partial charge >= 0.3 is 0 Å². The van der Waals surface area contributed by atoms with E-state index in [2.05, 4.69) is 10.2 Å². The third-order valence-corrected chi connectivity index (χ3v) is 8.86. The summed E-state index contributed by atoms with van der Waals surface area (Å²) in [5.74, 6) is 0.780. The van der Waals surface area contributed by atoms with Crippen molar-refractivity contribution in [1.82, 2.24) is 14.8 Å². The van der Waals surface area contributed by atoms with Crippen LogP contribution in [0.1, 0.15) is 51.4 Å². The molecule has 9 heteroatoms. The third kappa shape index (κ3) is 6.05. The number of fused-ring (bicyclic) bond motifs is 2. The van der Waals surface area contributed by atoms with E-state index >= 15 is 0 Å². The zero-order valence-electron chi connectivity index (χ0n) is 25.1. The van der Waals surface area contributed by atoms with Crippen molar-refractivity contribution in [2.24, 2.45) is 0 Å². The standard InChI is InChI=1S/C35H37ClN4O4/c1-43-27-11-8-10-24(19-27)28-21-33(44-2)29(20-30(28)36)35(42)40-23-26-13-14-32(39(26)22-25-9-4-5-12-31(25)40)34(41)37-15-18-38-16-6-3-7-17-38/h4-5,8-14,19-21H,3,6-7,15-18,22-23H2,1-2H3,(H,37,41). The van der Waals surface area contributed by atoms with Crippen molar-refractivity contribution in [2.75, 3.05) is 45.3 Å². The highest BCUT2D eigenvalue weighted by molar-refractivity contribution is 6.34. The predicted octanol–water partition coefficient (Wildman–Crippen LogP) is 6.25. The number of aromatic nitrogens is 1. The van der Waals surface area contributed by atoms with Gasteiger partial charge in [-0.15, -0.1) is 0 Å². The number of para-hydroxylation sites is 1. The Morgan fingerprint density at radius 2 is 1.70 bits per heavy atom. The van der Waals surface area contributed by atoms with E-state index in [1.165, 1.54) is 19.3 Å². The van der Waals surface area contributed by atoms with Gasteiger partial charge in [-0.3, -0.25) is 9.59 Å². The second-order valence-electron chi connectivity index (χ2n) is 11.2. The zero-order chi connectivity index (χ0) is 30.6. The lowest BCUT2D eigenvalue weighted by Gasteiger charge is -2.26. The summed E-state index contributed by atoms with van der Waals surface area (Å²) in [4.78, 5) is 31.8. The number of likely N-dealkylation sites (tertiary alicyclic amines) is 1. The molecule has 2 aliphatic rings. The first-order chi connectivity index (χ1) is 21.5. The quantitative estimate of drug-likeness (QED) is 0.255. The molecule has 0 spiro atoms. The van der Waals surface area contributed by atoms with Gasteiger partial charge in [0.1, 0.15) is 17.2 Å². The number of hydrogen-bond donors (Lipinski definition) is 1. The normalized spacial score (nSPS) is 14.8. The van der Waals surface area contributed by atoms with E-state index in [9.17, 15) is 9.59 Å². The monoisotopic (exact) mass is 612 g/mol. The van der Waals surface area contributed by atoms with Crippen LogP contribution in [-0.2, 0) is 13.1 Å². The summed E-state index contributed by atoms with van der Waals surface area (Å²) in [5, 5.41) is 3.54. The van der Waals surface area contributed by atoms with Crippen molar-refractivity contribution in [3.8, 4) is 22.6 Å². The number of carbonyl (C=O) groups excluding carboxylic acids is 2. The zero-order valence-corrected chi connectivity index (χ0v) is 25.9. The minimum absolute atomic E-state index is 0.105. The summed E-state index contributed by atoms with van der Waals surface area (Å²) in [5.41, 5.74) is 5.13. The van der Waals surface area contributed by atoms with Crippen LogP contribution in [0, 0.1) is 0 Å². The molecule has 228 valence electrons. The maximum atomic E-state index is 14.3. The van der Waals surface area contributed by atoms with E-state index in [0.29, 0.717) is 40.9 Å². The molecule has 8 nitrogen and oxygen atoms in total. The van der Waals surface area contributed by atoms with Crippen LogP contribution in [0.15, 0.2) is 72.8 Å². The Hall–Kier alpha value is -4.27. The number of nitrogens with one attached hydrogen (secondary N) is 1. The van der Waals surface area contributed by atoms with Gasteiger partial charge in [-0.05, 0) is 79.5 Å². The lowest BCUT2D eigenvalue weighted by Crippen LogP contribution is -2.38. The Kier molecular flexibility index (Phi) is 8.91. The summed E-state index contributed by atoms with van der Waals surface area (Å²) < 4.78 is 13.1. The van der Waals surface area contributed by atoms with E-state index in [1.807, 2.05) is 65.2 Å². The van der Waals surface area contributed by atoms with E-state index in [-0.39, 0.29) is 18.4 Å². The molecule has 0 atom stereocenters. The van der Waals surface area contributed by atoms with Crippen molar-refractivity contribution in [3.05, 3.63) is 100 Å². The Morgan fingerprint density at radius 3 is 2.50 bits per heavy atom. The molecule has 2 amide bonds. The average molecular weight is 613 g/mol. The van der Waals surface area contributed by atoms with Crippen LogP contribution < -0.4 is 19.7 Å². The molecule has 1 aromatic heterocycles. The number of carbonyl (C=O) groups is 2. The molecular formula is C35H37ClN4O4. The van der Waals surface area contributed by atoms with E-state index < -0.39 is 0 Å². The Balaban J connectivity index is 1.28. The van der Waals surface area contributed by atoms with Crippen LogP contribution in [0.5, 0.6) is 11.5 Å². The SMILES string of the molecule is COc1cccc(-c2cc(OC)c(C(=O)N3Cc4ccc(C(=O)NCCN5CCCCC5)n4Cc4ccccc43)cc2Cl)c1. The van der Waals surface area contributed by atoms with E-state index in [0.717, 1.165) is 47.7 Å². The summed E-state index contributed by atoms with van der Waals surface area (Å²) in [6.45, 7) is 4.41. The molecule has 1 saturated heterocycles. The summed E-state index contributed by atoms with van der Waals surface area (Å²) in [7, 11) is 3.16. The molecule has 44 heavy (non-hydrogen) atoms. The molecule has 1 N–H and O–H groups in total. The van der Waals surface area contributed by atoms with Crippen molar-refractivity contribution < 1.29 is 19.1 Å². The van der Waals surface area contributed by atoms with Gasteiger partial charge in [-0.25, -0.2) is 0 Å². The number of benzene rings is 3. The minimum atomic E-state index is -0.240. The molecule has 3 aromatic carbocycles. The minimum Gasteiger partial charge on any atom is -0.497 e. The van der Waals surface area contributed by atoms with Gasteiger partial charge in [0.25, 0.3) is 11.8 Å². The van der Waals surface area contributed by atoms with Crippen molar-refractivity contribution in [3.63, 3.8) is 0 Å². The van der Waals surface area contributed by atoms with Crippen LogP contribution in [0.3, 0.4) is 0 Å². The molecule has 2 aliphatic heterocycles. The molecule has 4 aromatic rings. The fourth-order valence-electron chi connectivity index (χ4n) is 6.19. The van der Waals surface area contributed by atoms with E-state index in [4.69, 9.17) is 21.1 Å². The maximum Gasteiger partial charge on any atom is 0.267 e. The Morgan fingerprint density at radius 1 is 0.886 bits per heavy atom. The number of ether oxygens (including phenoxy) is 2. The number of piperidine rings is 1. The number of nitrogens with zero attached hydrogens (tertiary/aromatic N) is 3. The van der Waals surface area contributed by atoms with E-state index in [1.54, 1.807) is 31.3 Å². The molecule has 3 heterocycles. The summed E-state index contributed by atoms with van der Waals surface area (Å²) in [6, 6.07) is 22.6. The molecule has 0 radical (unpaired) electrons. The number of amides is 2. The van der Waals surface area contributed by atoms with Crippen molar-refractivity contribution in [2.45, 2.75) is 32.4 Å². The van der Waals surface area contributed by atoms with Crippen LogP contribution in [0.25, 0.3) is 11.1 Å².